The molecule has 2 rings (SSSR count). The molecule has 1 saturated heterocycles. The molecule has 0 radical (unpaired) electrons. The fourth-order valence-corrected chi connectivity index (χ4v) is 2.37. The van der Waals surface area contributed by atoms with Crippen molar-refractivity contribution < 1.29 is 17.9 Å². The minimum absolute atomic E-state index is 0.0486. The molecule has 1 aliphatic rings. The maximum atomic E-state index is 12.0. The molecule has 0 aliphatic carbocycles. The van der Waals surface area contributed by atoms with Gasteiger partial charge in [-0.3, -0.25) is 0 Å². The molecular weight excluding hydrogens is 255 g/mol. The topological polar surface area (TPSA) is 21.3 Å². The van der Waals surface area contributed by atoms with Crippen LogP contribution in [0.1, 0.15) is 12.0 Å². The molecule has 0 bridgehead atoms. The van der Waals surface area contributed by atoms with Crippen LogP contribution in [0.4, 0.5) is 13.2 Å². The summed E-state index contributed by atoms with van der Waals surface area (Å²) in [6.45, 7) is 0.699. The number of rotatable bonds is 6. The minimum atomic E-state index is -4.23. The van der Waals surface area contributed by atoms with E-state index in [2.05, 4.69) is 17.4 Å². The molecule has 1 fully saturated rings. The van der Waals surface area contributed by atoms with Gasteiger partial charge in [0.25, 0.3) is 0 Å². The Morgan fingerprint density at radius 3 is 2.37 bits per heavy atom. The third-order valence-corrected chi connectivity index (χ3v) is 3.46. The van der Waals surface area contributed by atoms with Crippen LogP contribution in [0.5, 0.6) is 0 Å². The van der Waals surface area contributed by atoms with Gasteiger partial charge in [-0.15, -0.1) is 0 Å². The summed E-state index contributed by atoms with van der Waals surface area (Å²) in [4.78, 5) is 0. The monoisotopic (exact) mass is 273 g/mol. The Balaban J connectivity index is 1.79. The number of ether oxygens (including phenoxy) is 1. The summed E-state index contributed by atoms with van der Waals surface area (Å²) < 4.78 is 40.7. The van der Waals surface area contributed by atoms with E-state index < -0.39 is 12.8 Å². The molecular formula is C14H18F3NO. The minimum Gasteiger partial charge on any atom is -0.372 e. The first-order chi connectivity index (χ1) is 8.99. The Hall–Kier alpha value is -1.07. The van der Waals surface area contributed by atoms with E-state index in [0.717, 1.165) is 19.5 Å². The molecule has 0 saturated carbocycles. The largest absolute Gasteiger partial charge is 0.411 e. The Labute approximate surface area is 111 Å². The van der Waals surface area contributed by atoms with E-state index in [1.807, 2.05) is 18.2 Å². The number of hydrogen-bond donors (Lipinski definition) is 1. The van der Waals surface area contributed by atoms with Crippen molar-refractivity contribution in [2.45, 2.75) is 19.0 Å². The molecule has 1 heterocycles. The summed E-state index contributed by atoms with van der Waals surface area (Å²) in [5.74, 6) is 0. The second-order valence-electron chi connectivity index (χ2n) is 5.18. The van der Waals surface area contributed by atoms with Crippen molar-refractivity contribution in [3.8, 4) is 0 Å². The lowest BCUT2D eigenvalue weighted by atomic mass is 9.74. The molecule has 0 amide bonds. The van der Waals surface area contributed by atoms with Crippen LogP contribution in [0.3, 0.4) is 0 Å². The van der Waals surface area contributed by atoms with Gasteiger partial charge in [0.15, 0.2) is 0 Å². The number of nitrogens with one attached hydrogen (secondary N) is 1. The van der Waals surface area contributed by atoms with Crippen molar-refractivity contribution in [2.75, 3.05) is 26.3 Å². The molecule has 106 valence electrons. The number of halogens is 3. The van der Waals surface area contributed by atoms with Gasteiger partial charge in [0.05, 0.1) is 0 Å². The van der Waals surface area contributed by atoms with E-state index in [-0.39, 0.29) is 12.0 Å². The van der Waals surface area contributed by atoms with E-state index in [1.54, 1.807) is 0 Å². The molecule has 0 aromatic heterocycles. The standard InChI is InChI=1S/C14H18F3NO/c15-14(16,17)11-19-7-6-13(9-18-10-13)8-12-4-2-1-3-5-12/h1-5,18H,6-11H2. The van der Waals surface area contributed by atoms with E-state index in [0.29, 0.717) is 6.42 Å². The predicted octanol–water partition coefficient (Wildman–Crippen LogP) is 2.79. The first-order valence-corrected chi connectivity index (χ1v) is 6.38. The smallest absolute Gasteiger partial charge is 0.372 e. The van der Waals surface area contributed by atoms with Crippen LogP contribution in [-0.2, 0) is 11.2 Å². The first kappa shape index (κ1) is 14.3. The van der Waals surface area contributed by atoms with Gasteiger partial charge < -0.3 is 10.1 Å². The molecule has 1 aromatic rings. The van der Waals surface area contributed by atoms with Crippen LogP contribution in [0.2, 0.25) is 0 Å². The quantitative estimate of drug-likeness (QED) is 0.805. The Morgan fingerprint density at radius 2 is 1.84 bits per heavy atom. The summed E-state index contributed by atoms with van der Waals surface area (Å²) in [6, 6.07) is 10.0. The number of hydrogen-bond acceptors (Lipinski definition) is 2. The van der Waals surface area contributed by atoms with Crippen molar-refractivity contribution in [3.05, 3.63) is 35.9 Å². The van der Waals surface area contributed by atoms with Crippen LogP contribution in [0.15, 0.2) is 30.3 Å². The van der Waals surface area contributed by atoms with Gasteiger partial charge in [-0.2, -0.15) is 13.2 Å². The lowest BCUT2D eigenvalue weighted by Crippen LogP contribution is -2.55. The molecule has 0 unspecified atom stereocenters. The fourth-order valence-electron chi connectivity index (χ4n) is 2.37. The van der Waals surface area contributed by atoms with Crippen molar-refractivity contribution in [2.24, 2.45) is 5.41 Å². The van der Waals surface area contributed by atoms with Crippen molar-refractivity contribution in [1.82, 2.24) is 5.32 Å². The Morgan fingerprint density at radius 1 is 1.16 bits per heavy atom. The molecule has 1 aliphatic heterocycles. The summed E-state index contributed by atoms with van der Waals surface area (Å²) in [6.07, 6.45) is -2.69. The van der Waals surface area contributed by atoms with Crippen LogP contribution in [-0.4, -0.2) is 32.5 Å². The normalized spacial score (nSPS) is 18.1. The molecule has 19 heavy (non-hydrogen) atoms. The zero-order valence-corrected chi connectivity index (χ0v) is 10.7. The van der Waals surface area contributed by atoms with Gasteiger partial charge in [-0.1, -0.05) is 30.3 Å². The SMILES string of the molecule is FC(F)(F)COCCC1(Cc2ccccc2)CNC1. The Bertz CT molecular complexity index is 387. The van der Waals surface area contributed by atoms with Crippen LogP contribution >= 0.6 is 0 Å². The fraction of sp³-hybridized carbons (Fsp3) is 0.571. The molecule has 0 spiro atoms. The third-order valence-electron chi connectivity index (χ3n) is 3.46. The highest BCUT2D eigenvalue weighted by molar-refractivity contribution is 5.18. The van der Waals surface area contributed by atoms with Gasteiger partial charge in [0.1, 0.15) is 6.61 Å². The van der Waals surface area contributed by atoms with E-state index >= 15 is 0 Å². The van der Waals surface area contributed by atoms with E-state index in [9.17, 15) is 13.2 Å². The first-order valence-electron chi connectivity index (χ1n) is 6.38. The molecule has 1 aromatic carbocycles. The van der Waals surface area contributed by atoms with Gasteiger partial charge in [-0.05, 0) is 18.4 Å². The average molecular weight is 273 g/mol. The Kier molecular flexibility index (Phi) is 4.47. The van der Waals surface area contributed by atoms with Crippen molar-refractivity contribution >= 4 is 0 Å². The maximum absolute atomic E-state index is 12.0. The van der Waals surface area contributed by atoms with Gasteiger partial charge in [0.2, 0.25) is 0 Å². The second-order valence-corrected chi connectivity index (χ2v) is 5.18. The van der Waals surface area contributed by atoms with Gasteiger partial charge in [0, 0.05) is 25.1 Å². The molecule has 2 nitrogen and oxygen atoms in total. The maximum Gasteiger partial charge on any atom is 0.411 e. The second kappa shape index (κ2) is 5.92. The van der Waals surface area contributed by atoms with Crippen molar-refractivity contribution in [1.29, 1.82) is 0 Å². The van der Waals surface area contributed by atoms with Crippen LogP contribution in [0, 0.1) is 5.41 Å². The number of alkyl halides is 3. The molecule has 0 atom stereocenters. The summed E-state index contributed by atoms with van der Waals surface area (Å²) in [5, 5.41) is 3.20. The van der Waals surface area contributed by atoms with Crippen molar-refractivity contribution in [3.63, 3.8) is 0 Å². The van der Waals surface area contributed by atoms with Gasteiger partial charge in [-0.25, -0.2) is 0 Å². The molecule has 5 heteroatoms. The van der Waals surface area contributed by atoms with Crippen LogP contribution in [0.25, 0.3) is 0 Å². The highest BCUT2D eigenvalue weighted by Crippen LogP contribution is 2.31. The summed E-state index contributed by atoms with van der Waals surface area (Å²) in [5.41, 5.74) is 1.27. The highest BCUT2D eigenvalue weighted by atomic mass is 19.4. The zero-order chi connectivity index (χ0) is 13.8. The van der Waals surface area contributed by atoms with Gasteiger partial charge >= 0.3 is 6.18 Å². The average Bonchev–Trinajstić information content (AvgIpc) is 2.31. The summed E-state index contributed by atoms with van der Waals surface area (Å²) >= 11 is 0. The van der Waals surface area contributed by atoms with E-state index in [1.165, 1.54) is 5.56 Å². The lowest BCUT2D eigenvalue weighted by molar-refractivity contribution is -0.175. The van der Waals surface area contributed by atoms with Crippen LogP contribution < -0.4 is 5.32 Å². The molecule has 1 N–H and O–H groups in total. The number of benzene rings is 1. The predicted molar refractivity (Wildman–Crippen MR) is 66.9 cm³/mol. The highest BCUT2D eigenvalue weighted by Gasteiger charge is 2.37. The van der Waals surface area contributed by atoms with E-state index in [4.69, 9.17) is 4.74 Å². The third kappa shape index (κ3) is 4.51. The zero-order valence-electron chi connectivity index (χ0n) is 10.7. The lowest BCUT2D eigenvalue weighted by Gasteiger charge is -2.43. The summed E-state index contributed by atoms with van der Waals surface area (Å²) in [7, 11) is 0.